The zero-order chi connectivity index (χ0) is 15.0. The molecule has 0 unspecified atom stereocenters. The van der Waals surface area contributed by atoms with Crippen molar-refractivity contribution in [1.29, 1.82) is 0 Å². The lowest BCUT2D eigenvalue weighted by Gasteiger charge is -2.47. The lowest BCUT2D eigenvalue weighted by molar-refractivity contribution is 0.0428. The summed E-state index contributed by atoms with van der Waals surface area (Å²) in [5.41, 5.74) is 2.38. The van der Waals surface area contributed by atoms with Gasteiger partial charge in [0.05, 0.1) is 11.0 Å². The van der Waals surface area contributed by atoms with Gasteiger partial charge in [-0.05, 0) is 51.6 Å². The van der Waals surface area contributed by atoms with Crippen LogP contribution in [0.2, 0.25) is 5.02 Å². The van der Waals surface area contributed by atoms with Crippen LogP contribution in [0.5, 0.6) is 0 Å². The van der Waals surface area contributed by atoms with E-state index in [0.29, 0.717) is 5.88 Å². The van der Waals surface area contributed by atoms with Crippen LogP contribution in [0.25, 0.3) is 11.0 Å². The number of aromatic nitrogens is 2. The molecule has 1 aromatic heterocycles. The van der Waals surface area contributed by atoms with Crippen molar-refractivity contribution in [2.24, 2.45) is 0 Å². The predicted molar refractivity (Wildman–Crippen MR) is 89.4 cm³/mol. The van der Waals surface area contributed by atoms with Crippen LogP contribution in [0.4, 0.5) is 0 Å². The minimum atomic E-state index is 0.247. The van der Waals surface area contributed by atoms with Gasteiger partial charge in [0, 0.05) is 29.4 Å². The van der Waals surface area contributed by atoms with E-state index in [9.17, 15) is 0 Å². The Balaban J connectivity index is 2.06. The number of benzene rings is 1. The lowest BCUT2D eigenvalue weighted by Crippen LogP contribution is -2.53. The SMILES string of the molecule is CN(C)C1(Cn2c(CCCl)nc3ccc(Cl)cc32)CCC1. The second-order valence-corrected chi connectivity index (χ2v) is 6.97. The standard InChI is InChI=1S/C16H21Cl2N3/c1-20(2)16(7-3-8-16)11-21-14-10-12(18)4-5-13(14)19-15(21)6-9-17/h4-5,10H,3,6-9,11H2,1-2H3. The van der Waals surface area contributed by atoms with E-state index in [-0.39, 0.29) is 5.54 Å². The summed E-state index contributed by atoms with van der Waals surface area (Å²) in [5.74, 6) is 1.65. The van der Waals surface area contributed by atoms with Crippen LogP contribution in [-0.4, -0.2) is 40.0 Å². The van der Waals surface area contributed by atoms with Crippen LogP contribution >= 0.6 is 23.2 Å². The molecule has 0 amide bonds. The van der Waals surface area contributed by atoms with Gasteiger partial charge >= 0.3 is 0 Å². The van der Waals surface area contributed by atoms with Gasteiger partial charge in [0.15, 0.2) is 0 Å². The highest BCUT2D eigenvalue weighted by Crippen LogP contribution is 2.38. The smallest absolute Gasteiger partial charge is 0.111 e. The summed E-state index contributed by atoms with van der Waals surface area (Å²) < 4.78 is 2.32. The van der Waals surface area contributed by atoms with Crippen LogP contribution in [0, 0.1) is 0 Å². The molecule has 5 heteroatoms. The van der Waals surface area contributed by atoms with Gasteiger partial charge in [-0.25, -0.2) is 4.98 Å². The molecule has 21 heavy (non-hydrogen) atoms. The Morgan fingerprint density at radius 2 is 2.10 bits per heavy atom. The number of fused-ring (bicyclic) bond motifs is 1. The van der Waals surface area contributed by atoms with Gasteiger partial charge in [-0.1, -0.05) is 11.6 Å². The Morgan fingerprint density at radius 3 is 2.67 bits per heavy atom. The van der Waals surface area contributed by atoms with E-state index in [1.54, 1.807) is 0 Å². The van der Waals surface area contributed by atoms with Gasteiger partial charge in [0.2, 0.25) is 0 Å². The molecule has 0 spiro atoms. The first-order chi connectivity index (χ1) is 10.1. The summed E-state index contributed by atoms with van der Waals surface area (Å²) in [5, 5.41) is 0.758. The molecule has 0 bridgehead atoms. The molecule has 0 aliphatic heterocycles. The van der Waals surface area contributed by atoms with Crippen molar-refractivity contribution < 1.29 is 0 Å². The van der Waals surface area contributed by atoms with Crippen LogP contribution < -0.4 is 0 Å². The van der Waals surface area contributed by atoms with Gasteiger partial charge in [-0.3, -0.25) is 0 Å². The number of hydrogen-bond donors (Lipinski definition) is 0. The number of alkyl halides is 1. The summed E-state index contributed by atoms with van der Waals surface area (Å²) in [6, 6.07) is 5.91. The first kappa shape index (κ1) is 15.1. The summed E-state index contributed by atoms with van der Waals surface area (Å²) >= 11 is 12.1. The highest BCUT2D eigenvalue weighted by molar-refractivity contribution is 6.31. The fourth-order valence-corrected chi connectivity index (χ4v) is 3.56. The van der Waals surface area contributed by atoms with Crippen LogP contribution in [0.3, 0.4) is 0 Å². The molecule has 0 atom stereocenters. The molecule has 3 rings (SSSR count). The second kappa shape index (κ2) is 5.79. The van der Waals surface area contributed by atoms with Crippen molar-refractivity contribution in [2.45, 2.75) is 37.8 Å². The summed E-state index contributed by atoms with van der Waals surface area (Å²) in [7, 11) is 4.35. The van der Waals surface area contributed by atoms with Gasteiger partial charge in [0.1, 0.15) is 5.82 Å². The highest BCUT2D eigenvalue weighted by atomic mass is 35.5. The first-order valence-electron chi connectivity index (χ1n) is 7.44. The molecular formula is C16H21Cl2N3. The van der Waals surface area contributed by atoms with Gasteiger partial charge in [-0.15, -0.1) is 11.6 Å². The van der Waals surface area contributed by atoms with Crippen LogP contribution in [0.15, 0.2) is 18.2 Å². The summed E-state index contributed by atoms with van der Waals surface area (Å²) in [6.45, 7) is 0.961. The zero-order valence-electron chi connectivity index (χ0n) is 12.6. The number of halogens is 2. The van der Waals surface area contributed by atoms with Crippen LogP contribution in [0.1, 0.15) is 25.1 Å². The molecule has 1 saturated carbocycles. The zero-order valence-corrected chi connectivity index (χ0v) is 14.1. The quantitative estimate of drug-likeness (QED) is 0.776. The fraction of sp³-hybridized carbons (Fsp3) is 0.562. The Bertz CT molecular complexity index is 644. The molecule has 1 aromatic carbocycles. The third-order valence-electron chi connectivity index (χ3n) is 4.79. The molecule has 0 radical (unpaired) electrons. The van der Waals surface area contributed by atoms with E-state index < -0.39 is 0 Å². The van der Waals surface area contributed by atoms with Crippen molar-refractivity contribution in [3.05, 3.63) is 29.0 Å². The summed E-state index contributed by atoms with van der Waals surface area (Å²) in [6.07, 6.45) is 4.56. The van der Waals surface area contributed by atoms with Crippen molar-refractivity contribution in [2.75, 3.05) is 20.0 Å². The van der Waals surface area contributed by atoms with Crippen LogP contribution in [-0.2, 0) is 13.0 Å². The van der Waals surface area contributed by atoms with E-state index >= 15 is 0 Å². The van der Waals surface area contributed by atoms with Crippen molar-refractivity contribution in [1.82, 2.24) is 14.5 Å². The van der Waals surface area contributed by atoms with Gasteiger partial charge in [-0.2, -0.15) is 0 Å². The van der Waals surface area contributed by atoms with Gasteiger partial charge in [0.25, 0.3) is 0 Å². The molecule has 1 fully saturated rings. The lowest BCUT2D eigenvalue weighted by atomic mass is 9.75. The number of imidazole rings is 1. The molecule has 0 N–H and O–H groups in total. The van der Waals surface area contributed by atoms with E-state index in [1.807, 2.05) is 18.2 Å². The Labute approximate surface area is 135 Å². The van der Waals surface area contributed by atoms with E-state index in [0.717, 1.165) is 34.8 Å². The van der Waals surface area contributed by atoms with E-state index in [2.05, 4.69) is 23.6 Å². The molecule has 2 aromatic rings. The third kappa shape index (κ3) is 2.67. The van der Waals surface area contributed by atoms with Gasteiger partial charge < -0.3 is 9.47 Å². The molecule has 3 nitrogen and oxygen atoms in total. The molecular weight excluding hydrogens is 305 g/mol. The predicted octanol–water partition coefficient (Wildman–Crippen LogP) is 3.96. The molecule has 114 valence electrons. The minimum absolute atomic E-state index is 0.247. The topological polar surface area (TPSA) is 21.1 Å². The third-order valence-corrected chi connectivity index (χ3v) is 5.22. The largest absolute Gasteiger partial charge is 0.326 e. The maximum absolute atomic E-state index is 6.18. The molecule has 1 heterocycles. The average molecular weight is 326 g/mol. The normalized spacial score (nSPS) is 17.4. The first-order valence-corrected chi connectivity index (χ1v) is 8.35. The number of rotatable bonds is 5. The number of likely N-dealkylation sites (N-methyl/N-ethyl adjacent to an activating group) is 1. The van der Waals surface area contributed by atoms with E-state index in [4.69, 9.17) is 28.2 Å². The Morgan fingerprint density at radius 1 is 1.33 bits per heavy atom. The van der Waals surface area contributed by atoms with E-state index in [1.165, 1.54) is 19.3 Å². The number of hydrogen-bond acceptors (Lipinski definition) is 2. The Hall–Kier alpha value is -0.770. The maximum Gasteiger partial charge on any atom is 0.111 e. The Kier molecular flexibility index (Phi) is 4.17. The van der Waals surface area contributed by atoms with Crippen molar-refractivity contribution >= 4 is 34.2 Å². The van der Waals surface area contributed by atoms with Crippen molar-refractivity contribution in [3.8, 4) is 0 Å². The molecule has 1 aliphatic rings. The van der Waals surface area contributed by atoms with Crippen molar-refractivity contribution in [3.63, 3.8) is 0 Å². The number of nitrogens with zero attached hydrogens (tertiary/aromatic N) is 3. The summed E-state index contributed by atoms with van der Waals surface area (Å²) in [4.78, 5) is 7.11. The maximum atomic E-state index is 6.18. The highest BCUT2D eigenvalue weighted by Gasteiger charge is 2.40. The monoisotopic (exact) mass is 325 g/mol. The average Bonchev–Trinajstić information content (AvgIpc) is 2.71. The molecule has 0 saturated heterocycles. The molecule has 1 aliphatic carbocycles. The fourth-order valence-electron chi connectivity index (χ4n) is 3.22. The minimum Gasteiger partial charge on any atom is -0.326 e. The second-order valence-electron chi connectivity index (χ2n) is 6.16. The number of aryl methyl sites for hydroxylation is 1.